The van der Waals surface area contributed by atoms with Crippen molar-refractivity contribution in [3.63, 3.8) is 0 Å². The van der Waals surface area contributed by atoms with Crippen molar-refractivity contribution in [1.29, 1.82) is 0 Å². The monoisotopic (exact) mass is 434 g/mol. The van der Waals surface area contributed by atoms with Crippen molar-refractivity contribution in [1.82, 2.24) is 15.1 Å². The number of amides is 4. The number of piperidine rings is 1. The number of benzene rings is 2. The maximum Gasteiger partial charge on any atom is 0.328 e. The maximum absolute atomic E-state index is 13.4. The Kier molecular flexibility index (Phi) is 6.28. The quantitative estimate of drug-likeness (QED) is 0.756. The van der Waals surface area contributed by atoms with Gasteiger partial charge >= 0.3 is 6.03 Å². The van der Waals surface area contributed by atoms with E-state index < -0.39 is 12.2 Å². The normalized spacial score (nSPS) is 20.8. The van der Waals surface area contributed by atoms with Gasteiger partial charge in [-0.25, -0.2) is 4.79 Å². The van der Waals surface area contributed by atoms with Crippen LogP contribution in [-0.4, -0.2) is 46.9 Å². The minimum atomic E-state index is -0.457. The molecule has 0 radical (unpaired) electrons. The number of urea groups is 1. The Labute approximate surface area is 188 Å². The molecule has 2 aromatic carbocycles. The van der Waals surface area contributed by atoms with Gasteiger partial charge < -0.3 is 5.32 Å². The van der Waals surface area contributed by atoms with Crippen molar-refractivity contribution in [3.8, 4) is 0 Å². The van der Waals surface area contributed by atoms with E-state index in [4.69, 9.17) is 0 Å². The number of nitrogens with zero attached hydrogens (tertiary/aromatic N) is 2. The zero-order valence-electron chi connectivity index (χ0n) is 18.9. The SMILES string of the molecule is Cc1cc(C)c(NC(=O)CN2C(=O)N(Cc3ccccc3)C(=O)C3CCCNC32)c(C)c1. The van der Waals surface area contributed by atoms with Crippen LogP contribution in [0, 0.1) is 26.7 Å². The Hall–Kier alpha value is -3.19. The van der Waals surface area contributed by atoms with E-state index in [1.54, 1.807) is 0 Å². The lowest BCUT2D eigenvalue weighted by molar-refractivity contribution is -0.143. The van der Waals surface area contributed by atoms with Gasteiger partial charge in [-0.15, -0.1) is 0 Å². The Morgan fingerprint density at radius 2 is 1.78 bits per heavy atom. The standard InChI is InChI=1S/C25H30N4O3/c1-16-12-17(2)22(18(3)13-16)27-21(30)15-28-23-20(10-7-11-26-23)24(31)29(25(28)32)14-19-8-5-4-6-9-19/h4-6,8-9,12-13,20,23,26H,7,10-11,14-15H2,1-3H3,(H,27,30). The van der Waals surface area contributed by atoms with Gasteiger partial charge in [0.25, 0.3) is 0 Å². The van der Waals surface area contributed by atoms with Crippen LogP contribution in [0.1, 0.15) is 35.1 Å². The van der Waals surface area contributed by atoms with Crippen molar-refractivity contribution in [2.75, 3.05) is 18.4 Å². The van der Waals surface area contributed by atoms with Gasteiger partial charge in [0.05, 0.1) is 18.6 Å². The molecule has 2 atom stereocenters. The van der Waals surface area contributed by atoms with Gasteiger partial charge in [0.15, 0.2) is 0 Å². The summed E-state index contributed by atoms with van der Waals surface area (Å²) in [5, 5.41) is 6.27. The van der Waals surface area contributed by atoms with Crippen molar-refractivity contribution in [3.05, 3.63) is 64.7 Å². The molecule has 2 saturated heterocycles. The molecule has 2 N–H and O–H groups in total. The van der Waals surface area contributed by atoms with E-state index in [0.29, 0.717) is 13.0 Å². The fourth-order valence-corrected chi connectivity index (χ4v) is 4.81. The van der Waals surface area contributed by atoms with Gasteiger partial charge in [0.1, 0.15) is 6.54 Å². The number of hydrogen-bond donors (Lipinski definition) is 2. The summed E-state index contributed by atoms with van der Waals surface area (Å²) >= 11 is 0. The number of carbonyl (C=O) groups excluding carboxylic acids is 3. The Morgan fingerprint density at radius 3 is 2.47 bits per heavy atom. The van der Waals surface area contributed by atoms with Crippen LogP contribution in [0.15, 0.2) is 42.5 Å². The minimum Gasteiger partial charge on any atom is -0.324 e. The van der Waals surface area contributed by atoms with Crippen LogP contribution in [0.3, 0.4) is 0 Å². The van der Waals surface area contributed by atoms with Crippen molar-refractivity contribution < 1.29 is 14.4 Å². The van der Waals surface area contributed by atoms with E-state index in [2.05, 4.69) is 10.6 Å². The number of aryl methyl sites for hydroxylation is 3. The summed E-state index contributed by atoms with van der Waals surface area (Å²) in [7, 11) is 0. The molecular formula is C25H30N4O3. The van der Waals surface area contributed by atoms with Crippen LogP contribution < -0.4 is 10.6 Å². The third kappa shape index (κ3) is 4.39. The summed E-state index contributed by atoms with van der Waals surface area (Å²) in [4.78, 5) is 42.3. The molecule has 0 aliphatic carbocycles. The molecule has 0 spiro atoms. The average molecular weight is 435 g/mol. The van der Waals surface area contributed by atoms with E-state index in [1.807, 2.05) is 63.2 Å². The second-order valence-corrected chi connectivity index (χ2v) is 8.79. The number of nitrogens with one attached hydrogen (secondary N) is 2. The summed E-state index contributed by atoms with van der Waals surface area (Å²) in [5.74, 6) is -0.785. The number of imide groups is 1. The molecular weight excluding hydrogens is 404 g/mol. The molecule has 7 heteroatoms. The third-order valence-corrected chi connectivity index (χ3v) is 6.26. The number of fused-ring (bicyclic) bond motifs is 1. The fourth-order valence-electron chi connectivity index (χ4n) is 4.81. The van der Waals surface area contributed by atoms with Crippen LogP contribution >= 0.6 is 0 Å². The van der Waals surface area contributed by atoms with Crippen molar-refractivity contribution in [2.24, 2.45) is 5.92 Å². The zero-order valence-corrected chi connectivity index (χ0v) is 18.9. The molecule has 2 fully saturated rings. The molecule has 4 amide bonds. The molecule has 0 aromatic heterocycles. The molecule has 168 valence electrons. The molecule has 2 aromatic rings. The first kappa shape index (κ1) is 22.0. The second kappa shape index (κ2) is 9.12. The molecule has 0 bridgehead atoms. The summed E-state index contributed by atoms with van der Waals surface area (Å²) in [5.41, 5.74) is 4.75. The lowest BCUT2D eigenvalue weighted by atomic mass is 9.91. The van der Waals surface area contributed by atoms with Gasteiger partial charge in [-0.2, -0.15) is 0 Å². The predicted octanol–water partition coefficient (Wildman–Crippen LogP) is 3.34. The van der Waals surface area contributed by atoms with E-state index >= 15 is 0 Å². The molecule has 2 aliphatic rings. The second-order valence-electron chi connectivity index (χ2n) is 8.79. The largest absolute Gasteiger partial charge is 0.328 e. The molecule has 2 unspecified atom stereocenters. The summed E-state index contributed by atoms with van der Waals surface area (Å²) in [6, 6.07) is 13.1. The van der Waals surface area contributed by atoms with E-state index in [-0.39, 0.29) is 30.8 Å². The molecule has 32 heavy (non-hydrogen) atoms. The summed E-state index contributed by atoms with van der Waals surface area (Å²) < 4.78 is 0. The van der Waals surface area contributed by atoms with E-state index in [1.165, 1.54) is 9.80 Å². The summed E-state index contributed by atoms with van der Waals surface area (Å²) in [6.45, 7) is 6.75. The number of anilines is 1. The van der Waals surface area contributed by atoms with Crippen molar-refractivity contribution >= 4 is 23.5 Å². The predicted molar refractivity (Wildman–Crippen MR) is 123 cm³/mol. The van der Waals surface area contributed by atoms with Crippen LogP contribution in [0.25, 0.3) is 0 Å². The number of hydrogen-bond acceptors (Lipinski definition) is 4. The molecule has 2 aliphatic heterocycles. The van der Waals surface area contributed by atoms with Crippen LogP contribution in [0.5, 0.6) is 0 Å². The van der Waals surface area contributed by atoms with Gasteiger partial charge in [0.2, 0.25) is 11.8 Å². The first-order chi connectivity index (χ1) is 15.3. The topological polar surface area (TPSA) is 81.8 Å². The van der Waals surface area contributed by atoms with Crippen LogP contribution in [0.2, 0.25) is 0 Å². The zero-order chi connectivity index (χ0) is 22.8. The molecule has 0 saturated carbocycles. The van der Waals surface area contributed by atoms with E-state index in [9.17, 15) is 14.4 Å². The first-order valence-corrected chi connectivity index (χ1v) is 11.1. The lowest BCUT2D eigenvalue weighted by Crippen LogP contribution is -2.68. The Bertz CT molecular complexity index is 1010. The highest BCUT2D eigenvalue weighted by molar-refractivity contribution is 6.01. The number of carbonyl (C=O) groups is 3. The minimum absolute atomic E-state index is 0.113. The lowest BCUT2D eigenvalue weighted by Gasteiger charge is -2.46. The van der Waals surface area contributed by atoms with E-state index in [0.717, 1.165) is 34.4 Å². The van der Waals surface area contributed by atoms with Crippen molar-refractivity contribution in [2.45, 2.75) is 46.3 Å². The smallest absolute Gasteiger partial charge is 0.324 e. The highest BCUT2D eigenvalue weighted by atomic mass is 16.2. The van der Waals surface area contributed by atoms with Crippen LogP contribution in [-0.2, 0) is 16.1 Å². The highest BCUT2D eigenvalue weighted by Gasteiger charge is 2.47. The Balaban J connectivity index is 1.56. The van der Waals surface area contributed by atoms with Gasteiger partial charge in [-0.1, -0.05) is 48.0 Å². The van der Waals surface area contributed by atoms with Gasteiger partial charge in [0, 0.05) is 5.69 Å². The molecule has 7 nitrogen and oxygen atoms in total. The Morgan fingerprint density at radius 1 is 1.09 bits per heavy atom. The summed E-state index contributed by atoms with van der Waals surface area (Å²) in [6.07, 6.45) is 1.10. The van der Waals surface area contributed by atoms with Gasteiger partial charge in [-0.05, 0) is 56.8 Å². The molecule has 2 heterocycles. The molecule has 4 rings (SSSR count). The fraction of sp³-hybridized carbons (Fsp3) is 0.400. The van der Waals surface area contributed by atoms with Crippen LogP contribution in [0.4, 0.5) is 10.5 Å². The maximum atomic E-state index is 13.4. The highest BCUT2D eigenvalue weighted by Crippen LogP contribution is 2.29. The third-order valence-electron chi connectivity index (χ3n) is 6.26. The first-order valence-electron chi connectivity index (χ1n) is 11.1. The number of rotatable bonds is 5. The average Bonchev–Trinajstić information content (AvgIpc) is 2.77. The van der Waals surface area contributed by atoms with Gasteiger partial charge in [-0.3, -0.25) is 24.7 Å².